The lowest BCUT2D eigenvalue weighted by atomic mass is 10.2. The van der Waals surface area contributed by atoms with Crippen molar-refractivity contribution in [3.05, 3.63) is 23.8 Å². The number of rotatable bonds is 5. The van der Waals surface area contributed by atoms with E-state index in [0.717, 1.165) is 12.1 Å². The summed E-state index contributed by atoms with van der Waals surface area (Å²) in [6.45, 7) is -1.46. The van der Waals surface area contributed by atoms with Crippen molar-refractivity contribution in [2.24, 2.45) is 0 Å². The van der Waals surface area contributed by atoms with Crippen LogP contribution in [-0.4, -0.2) is 25.3 Å². The first-order chi connectivity index (χ1) is 9.24. The topological polar surface area (TPSA) is 67.4 Å². The molecule has 5 nitrogen and oxygen atoms in total. The largest absolute Gasteiger partial charge is 0.523 e. The molecule has 110 valence electrons. The van der Waals surface area contributed by atoms with Gasteiger partial charge in [0.15, 0.2) is 5.82 Å². The van der Waals surface area contributed by atoms with Gasteiger partial charge in [0.25, 0.3) is 5.91 Å². The second-order valence-electron chi connectivity index (χ2n) is 3.33. The van der Waals surface area contributed by atoms with Gasteiger partial charge >= 0.3 is 6.36 Å². The molecule has 0 aliphatic rings. The summed E-state index contributed by atoms with van der Waals surface area (Å²) < 4.78 is 65.1. The van der Waals surface area contributed by atoms with E-state index in [9.17, 15) is 31.5 Å². The van der Waals surface area contributed by atoms with Gasteiger partial charge in [0, 0.05) is 0 Å². The molecule has 2 amide bonds. The van der Waals surface area contributed by atoms with E-state index < -0.39 is 41.9 Å². The molecule has 0 aliphatic carbocycles. The van der Waals surface area contributed by atoms with E-state index >= 15 is 0 Å². The van der Waals surface area contributed by atoms with Crippen LogP contribution >= 0.6 is 0 Å². The highest BCUT2D eigenvalue weighted by atomic mass is 19.4. The Morgan fingerprint density at radius 3 is 2.50 bits per heavy atom. The monoisotopic (exact) mass is 298 g/mol. The zero-order valence-corrected chi connectivity index (χ0v) is 9.55. The van der Waals surface area contributed by atoms with E-state index in [4.69, 9.17) is 0 Å². The summed E-state index contributed by atoms with van der Waals surface area (Å²) in [5.74, 6) is -3.97. The van der Waals surface area contributed by atoms with Gasteiger partial charge in [-0.15, -0.1) is 13.2 Å². The third kappa shape index (κ3) is 4.46. The molecule has 20 heavy (non-hydrogen) atoms. The molecule has 0 heterocycles. The van der Waals surface area contributed by atoms with E-state index in [1.165, 1.54) is 0 Å². The standard InChI is InChI=1S/C10H7F5N2O3/c11-5-1-2-6(16-4-18)8(12)9(5)17-7(19)3-20-10(13,14)15/h1-2,4H,3H2,(H,16,18)(H,17,19). The average molecular weight is 298 g/mol. The summed E-state index contributed by atoms with van der Waals surface area (Å²) in [5, 5.41) is 3.47. The molecule has 0 saturated carbocycles. The molecule has 0 saturated heterocycles. The van der Waals surface area contributed by atoms with Crippen LogP contribution in [0.2, 0.25) is 0 Å². The molecule has 2 N–H and O–H groups in total. The molecule has 0 aromatic heterocycles. The SMILES string of the molecule is O=CNc1ccc(F)c(NC(=O)COC(F)(F)F)c1F. The van der Waals surface area contributed by atoms with Gasteiger partial charge in [0.1, 0.15) is 18.1 Å². The van der Waals surface area contributed by atoms with Gasteiger partial charge in [0.2, 0.25) is 6.41 Å². The zero-order chi connectivity index (χ0) is 15.3. The van der Waals surface area contributed by atoms with E-state index in [-0.39, 0.29) is 6.41 Å². The summed E-state index contributed by atoms with van der Waals surface area (Å²) >= 11 is 0. The third-order valence-corrected chi connectivity index (χ3v) is 1.94. The molecule has 0 unspecified atom stereocenters. The lowest BCUT2D eigenvalue weighted by molar-refractivity contribution is -0.320. The zero-order valence-electron chi connectivity index (χ0n) is 9.55. The molecule has 0 aliphatic heterocycles. The minimum absolute atomic E-state index is 0.106. The molecule has 0 bridgehead atoms. The Balaban J connectivity index is 2.83. The number of anilines is 2. The van der Waals surface area contributed by atoms with Crippen molar-refractivity contribution in [3.8, 4) is 0 Å². The maximum atomic E-state index is 13.6. The van der Waals surface area contributed by atoms with Crippen molar-refractivity contribution in [1.29, 1.82) is 0 Å². The highest BCUT2D eigenvalue weighted by Gasteiger charge is 2.30. The summed E-state index contributed by atoms with van der Waals surface area (Å²) in [6, 6.07) is 1.59. The second kappa shape index (κ2) is 6.28. The molecular formula is C10H7F5N2O3. The van der Waals surface area contributed by atoms with Crippen LogP contribution in [0.3, 0.4) is 0 Å². The second-order valence-corrected chi connectivity index (χ2v) is 3.33. The van der Waals surface area contributed by atoms with Crippen LogP contribution in [-0.2, 0) is 14.3 Å². The molecule has 0 spiro atoms. The van der Waals surface area contributed by atoms with E-state index in [0.29, 0.717) is 0 Å². The molecular weight excluding hydrogens is 291 g/mol. The lowest BCUT2D eigenvalue weighted by Crippen LogP contribution is -2.25. The predicted molar refractivity (Wildman–Crippen MR) is 56.7 cm³/mol. The minimum atomic E-state index is -5.05. The number of alkyl halides is 3. The number of ether oxygens (including phenoxy) is 1. The maximum Gasteiger partial charge on any atom is 0.523 e. The Morgan fingerprint density at radius 1 is 1.30 bits per heavy atom. The van der Waals surface area contributed by atoms with Gasteiger partial charge in [-0.05, 0) is 12.1 Å². The fourth-order valence-corrected chi connectivity index (χ4v) is 1.16. The Kier molecular flexibility index (Phi) is 4.97. The molecule has 0 atom stereocenters. The fourth-order valence-electron chi connectivity index (χ4n) is 1.16. The van der Waals surface area contributed by atoms with Crippen LogP contribution in [0.5, 0.6) is 0 Å². The van der Waals surface area contributed by atoms with Crippen LogP contribution < -0.4 is 10.6 Å². The number of nitrogens with one attached hydrogen (secondary N) is 2. The number of halogens is 5. The first kappa shape index (κ1) is 15.8. The number of amides is 2. The molecule has 10 heteroatoms. The first-order valence-corrected chi connectivity index (χ1v) is 4.93. The van der Waals surface area contributed by atoms with Gasteiger partial charge < -0.3 is 10.6 Å². The molecule has 0 fully saturated rings. The Labute approximate surface area is 108 Å². The van der Waals surface area contributed by atoms with Gasteiger partial charge in [-0.2, -0.15) is 0 Å². The maximum absolute atomic E-state index is 13.6. The predicted octanol–water partition coefficient (Wildman–Crippen LogP) is 2.01. The minimum Gasteiger partial charge on any atom is -0.326 e. The van der Waals surface area contributed by atoms with Crippen LogP contribution in [0, 0.1) is 11.6 Å². The van der Waals surface area contributed by atoms with Crippen LogP contribution in [0.4, 0.5) is 33.3 Å². The Morgan fingerprint density at radius 2 is 1.95 bits per heavy atom. The smallest absolute Gasteiger partial charge is 0.326 e. The molecule has 1 aromatic carbocycles. The summed E-state index contributed by atoms with van der Waals surface area (Å²) in [5.41, 5.74) is -1.44. The number of hydrogen-bond acceptors (Lipinski definition) is 3. The molecule has 0 radical (unpaired) electrons. The Hall–Kier alpha value is -2.23. The number of carbonyl (C=O) groups is 2. The molecule has 1 rings (SSSR count). The summed E-state index contributed by atoms with van der Waals surface area (Å²) in [6.07, 6.45) is -4.94. The van der Waals surface area contributed by atoms with Gasteiger partial charge in [-0.3, -0.25) is 14.3 Å². The fraction of sp³-hybridized carbons (Fsp3) is 0.200. The van der Waals surface area contributed by atoms with E-state index in [1.807, 2.05) is 5.32 Å². The molecule has 1 aromatic rings. The van der Waals surface area contributed by atoms with Gasteiger partial charge in [0.05, 0.1) is 5.69 Å². The van der Waals surface area contributed by atoms with E-state index in [2.05, 4.69) is 4.74 Å². The van der Waals surface area contributed by atoms with Crippen LogP contribution in [0.15, 0.2) is 12.1 Å². The van der Waals surface area contributed by atoms with Gasteiger partial charge in [-0.1, -0.05) is 0 Å². The van der Waals surface area contributed by atoms with Crippen molar-refractivity contribution in [2.75, 3.05) is 17.2 Å². The third-order valence-electron chi connectivity index (χ3n) is 1.94. The summed E-state index contributed by atoms with van der Waals surface area (Å²) in [4.78, 5) is 21.2. The lowest BCUT2D eigenvalue weighted by Gasteiger charge is -2.11. The van der Waals surface area contributed by atoms with Crippen molar-refractivity contribution in [1.82, 2.24) is 0 Å². The first-order valence-electron chi connectivity index (χ1n) is 4.93. The van der Waals surface area contributed by atoms with Crippen molar-refractivity contribution < 1.29 is 36.3 Å². The average Bonchev–Trinajstić information content (AvgIpc) is 2.35. The van der Waals surface area contributed by atoms with Crippen LogP contribution in [0.1, 0.15) is 0 Å². The van der Waals surface area contributed by atoms with Crippen molar-refractivity contribution in [2.45, 2.75) is 6.36 Å². The number of benzene rings is 1. The van der Waals surface area contributed by atoms with Crippen LogP contribution in [0.25, 0.3) is 0 Å². The normalized spacial score (nSPS) is 11.1. The van der Waals surface area contributed by atoms with Gasteiger partial charge in [-0.25, -0.2) is 8.78 Å². The van der Waals surface area contributed by atoms with Crippen molar-refractivity contribution in [3.63, 3.8) is 0 Å². The van der Waals surface area contributed by atoms with E-state index in [1.54, 1.807) is 5.32 Å². The van der Waals surface area contributed by atoms with Crippen molar-refractivity contribution >= 4 is 23.7 Å². The Bertz CT molecular complexity index is 518. The number of hydrogen-bond donors (Lipinski definition) is 2. The number of carbonyl (C=O) groups excluding carboxylic acids is 2. The highest BCUT2D eigenvalue weighted by molar-refractivity contribution is 5.93. The highest BCUT2D eigenvalue weighted by Crippen LogP contribution is 2.25. The quantitative estimate of drug-likeness (QED) is 0.645. The summed E-state index contributed by atoms with van der Waals surface area (Å²) in [7, 11) is 0.